The maximum Gasteiger partial charge on any atom is 0.164 e. The van der Waals surface area contributed by atoms with Crippen LogP contribution in [0.5, 0.6) is 0 Å². The van der Waals surface area contributed by atoms with Gasteiger partial charge in [-0.2, -0.15) is 5.10 Å². The summed E-state index contributed by atoms with van der Waals surface area (Å²) in [4.78, 5) is 18.2. The first-order chi connectivity index (χ1) is 13.7. The number of imidazole rings is 1. The molecule has 0 saturated carbocycles. The van der Waals surface area contributed by atoms with Crippen LogP contribution in [0.1, 0.15) is 11.3 Å². The molecule has 1 N–H and O–H groups in total. The lowest BCUT2D eigenvalue weighted by Crippen LogP contribution is -2.05. The number of nitrogens with one attached hydrogen (secondary N) is 1. The Morgan fingerprint density at radius 1 is 1.04 bits per heavy atom. The predicted molar refractivity (Wildman–Crippen MR) is 107 cm³/mol. The normalized spacial score (nSPS) is 11.4. The lowest BCUT2D eigenvalue weighted by molar-refractivity contribution is 0.786. The molecule has 8 nitrogen and oxygen atoms in total. The van der Waals surface area contributed by atoms with Gasteiger partial charge in [-0.15, -0.1) is 0 Å². The third kappa shape index (κ3) is 2.75. The first-order valence-electron chi connectivity index (χ1n) is 8.96. The molecule has 0 bridgehead atoms. The van der Waals surface area contributed by atoms with Crippen molar-refractivity contribution < 1.29 is 0 Å². The second-order valence-corrected chi connectivity index (χ2v) is 6.65. The molecule has 0 unspecified atom stereocenters. The average Bonchev–Trinajstić information content (AvgIpc) is 3.31. The highest BCUT2D eigenvalue weighted by Crippen LogP contribution is 2.24. The molecule has 0 fully saturated rings. The summed E-state index contributed by atoms with van der Waals surface area (Å²) in [5, 5.41) is 8.62. The van der Waals surface area contributed by atoms with Crippen LogP contribution in [0.4, 0.5) is 5.82 Å². The van der Waals surface area contributed by atoms with Crippen LogP contribution in [0.15, 0.2) is 55.2 Å². The van der Waals surface area contributed by atoms with Gasteiger partial charge in [0.15, 0.2) is 11.5 Å². The van der Waals surface area contributed by atoms with Gasteiger partial charge in [-0.1, -0.05) is 6.07 Å². The molecule has 0 amide bonds. The zero-order valence-corrected chi connectivity index (χ0v) is 15.5. The van der Waals surface area contributed by atoms with E-state index in [1.165, 1.54) is 0 Å². The second kappa shape index (κ2) is 6.41. The van der Waals surface area contributed by atoms with Crippen molar-refractivity contribution in [3.05, 3.63) is 66.5 Å². The minimum atomic E-state index is 0.553. The van der Waals surface area contributed by atoms with Gasteiger partial charge in [0.1, 0.15) is 11.5 Å². The summed E-state index contributed by atoms with van der Waals surface area (Å²) in [5.41, 5.74) is 4.73. The van der Waals surface area contributed by atoms with Crippen molar-refractivity contribution in [2.45, 2.75) is 13.5 Å². The van der Waals surface area contributed by atoms with Crippen molar-refractivity contribution in [1.29, 1.82) is 0 Å². The molecule has 5 heterocycles. The van der Waals surface area contributed by atoms with Crippen molar-refractivity contribution in [2.75, 3.05) is 5.32 Å². The second-order valence-electron chi connectivity index (χ2n) is 6.65. The summed E-state index contributed by atoms with van der Waals surface area (Å²) in [6.07, 6.45) is 9.28. The number of pyridine rings is 2. The Morgan fingerprint density at radius 3 is 2.71 bits per heavy atom. The van der Waals surface area contributed by atoms with Gasteiger partial charge >= 0.3 is 0 Å². The van der Waals surface area contributed by atoms with E-state index in [9.17, 15) is 0 Å². The maximum absolute atomic E-state index is 4.73. The highest BCUT2D eigenvalue weighted by atomic mass is 15.3. The van der Waals surface area contributed by atoms with Crippen LogP contribution in [0, 0.1) is 6.92 Å². The molecule has 0 aliphatic carbocycles. The Bertz CT molecular complexity index is 1290. The molecule has 0 atom stereocenters. The molecule has 28 heavy (non-hydrogen) atoms. The molecule has 0 aliphatic rings. The third-order valence-corrected chi connectivity index (χ3v) is 4.70. The SMILES string of the molecule is Cc1cccn2cc(CNc3nc(-c4ccncc4)nc4c3cnn4C)nc12. The molecule has 5 aromatic rings. The fraction of sp³-hybridized carbons (Fsp3) is 0.150. The standard InChI is InChI=1S/C20H18N8/c1-13-4-3-9-28-12-15(24-19(13)28)10-22-18-16-11-23-27(2)20(16)26-17(25-18)14-5-7-21-8-6-14/h3-9,11-12H,10H2,1-2H3,(H,22,25,26). The van der Waals surface area contributed by atoms with Gasteiger partial charge in [0.2, 0.25) is 0 Å². The zero-order valence-electron chi connectivity index (χ0n) is 15.5. The highest BCUT2D eigenvalue weighted by Gasteiger charge is 2.13. The Morgan fingerprint density at radius 2 is 1.89 bits per heavy atom. The van der Waals surface area contributed by atoms with Crippen molar-refractivity contribution in [3.8, 4) is 11.4 Å². The molecule has 138 valence electrons. The van der Waals surface area contributed by atoms with E-state index in [-0.39, 0.29) is 0 Å². The molecular weight excluding hydrogens is 352 g/mol. The highest BCUT2D eigenvalue weighted by molar-refractivity contribution is 5.88. The lowest BCUT2D eigenvalue weighted by Gasteiger charge is -2.08. The molecule has 8 heteroatoms. The Hall–Kier alpha value is -3.81. The van der Waals surface area contributed by atoms with Gasteiger partial charge < -0.3 is 9.72 Å². The van der Waals surface area contributed by atoms with E-state index < -0.39 is 0 Å². The number of aromatic nitrogens is 7. The molecule has 0 aliphatic heterocycles. The van der Waals surface area contributed by atoms with Crippen LogP contribution in [-0.4, -0.2) is 34.1 Å². The first-order valence-corrected chi connectivity index (χ1v) is 8.96. The van der Waals surface area contributed by atoms with Gasteiger partial charge in [-0.25, -0.2) is 15.0 Å². The van der Waals surface area contributed by atoms with Gasteiger partial charge in [-0.05, 0) is 30.7 Å². The Kier molecular flexibility index (Phi) is 3.75. The minimum absolute atomic E-state index is 0.553. The van der Waals surface area contributed by atoms with E-state index in [0.29, 0.717) is 12.4 Å². The summed E-state index contributed by atoms with van der Waals surface area (Å²) in [5.74, 6) is 1.37. The number of anilines is 1. The first kappa shape index (κ1) is 16.4. The molecule has 0 aromatic carbocycles. The van der Waals surface area contributed by atoms with E-state index in [0.717, 1.165) is 39.3 Å². The predicted octanol–water partition coefficient (Wildman–Crippen LogP) is 2.99. The number of hydrogen-bond donors (Lipinski definition) is 1. The lowest BCUT2D eigenvalue weighted by atomic mass is 10.2. The van der Waals surface area contributed by atoms with Crippen molar-refractivity contribution in [3.63, 3.8) is 0 Å². The Labute approximate surface area is 160 Å². The summed E-state index contributed by atoms with van der Waals surface area (Å²) < 4.78 is 3.79. The van der Waals surface area contributed by atoms with Gasteiger partial charge in [0, 0.05) is 37.4 Å². The zero-order chi connectivity index (χ0) is 19.1. The van der Waals surface area contributed by atoms with E-state index in [1.807, 2.05) is 42.0 Å². The topological polar surface area (TPSA) is 85.8 Å². The Balaban J connectivity index is 1.53. The fourth-order valence-electron chi connectivity index (χ4n) is 3.25. The van der Waals surface area contributed by atoms with E-state index in [2.05, 4.69) is 33.4 Å². The van der Waals surface area contributed by atoms with E-state index in [4.69, 9.17) is 9.97 Å². The largest absolute Gasteiger partial charge is 0.364 e. The molecule has 0 saturated heterocycles. The quantitative estimate of drug-likeness (QED) is 0.523. The summed E-state index contributed by atoms with van der Waals surface area (Å²) in [6.45, 7) is 2.61. The van der Waals surface area contributed by atoms with Gasteiger partial charge in [-0.3, -0.25) is 9.67 Å². The van der Waals surface area contributed by atoms with E-state index >= 15 is 0 Å². The molecular formula is C20H18N8. The smallest absolute Gasteiger partial charge is 0.164 e. The molecule has 0 spiro atoms. The van der Waals surface area contributed by atoms with Crippen molar-refractivity contribution >= 4 is 22.5 Å². The van der Waals surface area contributed by atoms with Crippen LogP contribution in [-0.2, 0) is 13.6 Å². The van der Waals surface area contributed by atoms with Crippen LogP contribution in [0.25, 0.3) is 28.1 Å². The average molecular weight is 370 g/mol. The van der Waals surface area contributed by atoms with E-state index in [1.54, 1.807) is 23.3 Å². The number of nitrogens with zero attached hydrogens (tertiary/aromatic N) is 7. The summed E-state index contributed by atoms with van der Waals surface area (Å²) in [6, 6.07) is 7.87. The monoisotopic (exact) mass is 370 g/mol. The fourth-order valence-corrected chi connectivity index (χ4v) is 3.25. The summed E-state index contributed by atoms with van der Waals surface area (Å²) >= 11 is 0. The number of fused-ring (bicyclic) bond motifs is 2. The van der Waals surface area contributed by atoms with Crippen LogP contribution >= 0.6 is 0 Å². The van der Waals surface area contributed by atoms with Crippen molar-refractivity contribution in [1.82, 2.24) is 34.1 Å². The van der Waals surface area contributed by atoms with Crippen LogP contribution < -0.4 is 5.32 Å². The van der Waals surface area contributed by atoms with Gasteiger partial charge in [0.25, 0.3) is 0 Å². The number of aryl methyl sites for hydroxylation is 2. The number of hydrogen-bond acceptors (Lipinski definition) is 6. The van der Waals surface area contributed by atoms with Gasteiger partial charge in [0.05, 0.1) is 23.8 Å². The maximum atomic E-state index is 4.73. The molecule has 0 radical (unpaired) electrons. The molecule has 5 aromatic heterocycles. The minimum Gasteiger partial charge on any atom is -0.364 e. The van der Waals surface area contributed by atoms with Crippen LogP contribution in [0.2, 0.25) is 0 Å². The third-order valence-electron chi connectivity index (χ3n) is 4.70. The molecule has 5 rings (SSSR count). The summed E-state index contributed by atoms with van der Waals surface area (Å²) in [7, 11) is 1.88. The van der Waals surface area contributed by atoms with Crippen LogP contribution in [0.3, 0.4) is 0 Å². The van der Waals surface area contributed by atoms with Crippen molar-refractivity contribution in [2.24, 2.45) is 7.05 Å². The number of rotatable bonds is 4.